The number of likely N-dealkylation sites (tertiary alicyclic amines) is 2. The van der Waals surface area contributed by atoms with Gasteiger partial charge in [0.05, 0.1) is 16.7 Å². The monoisotopic (exact) mass is 594 g/mol. The number of nitrogen functional groups attached to an aromatic ring is 1. The van der Waals surface area contributed by atoms with Crippen molar-refractivity contribution in [3.05, 3.63) is 64.7 Å². The first kappa shape index (κ1) is 25.9. The van der Waals surface area contributed by atoms with Gasteiger partial charge in [0.2, 0.25) is 5.95 Å². The number of benzene rings is 1. The number of amides is 1. The Hall–Kier alpha value is -3.31. The number of rotatable bonds is 5. The molecular weight excluding hydrogens is 563 g/mol. The van der Waals surface area contributed by atoms with E-state index in [1.807, 2.05) is 18.2 Å². The van der Waals surface area contributed by atoms with Gasteiger partial charge in [0.1, 0.15) is 0 Å². The van der Waals surface area contributed by atoms with E-state index in [1.54, 1.807) is 17.3 Å². The number of fused-ring (bicyclic) bond motifs is 1. The third-order valence-corrected chi connectivity index (χ3v) is 8.48. The van der Waals surface area contributed by atoms with Gasteiger partial charge in [-0.25, -0.2) is 19.3 Å². The van der Waals surface area contributed by atoms with E-state index in [-0.39, 0.29) is 30.7 Å². The molecule has 5 heterocycles. The number of nitrogens with zero attached hydrogens (tertiary/aromatic N) is 6. The number of carbonyl (C=O) groups is 1. The van der Waals surface area contributed by atoms with Crippen LogP contribution in [0.2, 0.25) is 0 Å². The maximum atomic E-state index is 15.9. The van der Waals surface area contributed by atoms with E-state index >= 15 is 4.39 Å². The number of allylic oxidation sites excluding steroid dienone is 2. The van der Waals surface area contributed by atoms with E-state index < -0.39 is 5.67 Å². The van der Waals surface area contributed by atoms with Crippen LogP contribution in [-0.4, -0.2) is 73.6 Å². The Morgan fingerprint density at radius 3 is 2.59 bits per heavy atom. The summed E-state index contributed by atoms with van der Waals surface area (Å²) in [4.78, 5) is 30.3. The van der Waals surface area contributed by atoms with Gasteiger partial charge in [-0.15, -0.1) is 0 Å². The second kappa shape index (κ2) is 10.7. The van der Waals surface area contributed by atoms with Crippen molar-refractivity contribution in [2.24, 2.45) is 0 Å². The lowest BCUT2D eigenvalue weighted by molar-refractivity contribution is -0.148. The first-order chi connectivity index (χ1) is 18.9. The maximum absolute atomic E-state index is 15.9. The number of piperidine rings is 2. The number of nitrogens with two attached hydrogens (primary N) is 1. The van der Waals surface area contributed by atoms with Gasteiger partial charge in [-0.05, 0) is 37.1 Å². The SMILES string of the molecule is Nc1ncc(CN2CCC(F)(C(=O)N3CCC(n4c(C5=CC=CCN5)nc5cc(Br)ccc54)CC3)CC2)cn1. The summed E-state index contributed by atoms with van der Waals surface area (Å²) in [5.41, 5.74) is 7.66. The van der Waals surface area contributed by atoms with Crippen molar-refractivity contribution < 1.29 is 9.18 Å². The number of dihydropyridines is 1. The highest BCUT2D eigenvalue weighted by molar-refractivity contribution is 9.10. The largest absolute Gasteiger partial charge is 0.379 e. The Balaban J connectivity index is 1.12. The van der Waals surface area contributed by atoms with E-state index in [0.717, 1.165) is 52.0 Å². The maximum Gasteiger partial charge on any atom is 0.260 e. The third-order valence-electron chi connectivity index (χ3n) is 7.98. The van der Waals surface area contributed by atoms with Gasteiger partial charge < -0.3 is 20.5 Å². The number of hydrogen-bond donors (Lipinski definition) is 2. The molecule has 0 bridgehead atoms. The van der Waals surface area contributed by atoms with Crippen LogP contribution >= 0.6 is 15.9 Å². The second-order valence-corrected chi connectivity index (χ2v) is 11.5. The first-order valence-electron chi connectivity index (χ1n) is 13.5. The fourth-order valence-electron chi connectivity index (χ4n) is 5.84. The molecule has 39 heavy (non-hydrogen) atoms. The molecule has 204 valence electrons. The average Bonchev–Trinajstić information content (AvgIpc) is 3.34. The normalized spacial score (nSPS) is 20.2. The number of halogens is 2. The molecule has 0 aliphatic carbocycles. The zero-order chi connectivity index (χ0) is 27.0. The summed E-state index contributed by atoms with van der Waals surface area (Å²) in [6.07, 6.45) is 11.4. The van der Waals surface area contributed by atoms with E-state index in [4.69, 9.17) is 10.7 Å². The van der Waals surface area contributed by atoms with Gasteiger partial charge in [-0.3, -0.25) is 9.69 Å². The predicted molar refractivity (Wildman–Crippen MR) is 152 cm³/mol. The van der Waals surface area contributed by atoms with Crippen LogP contribution in [-0.2, 0) is 11.3 Å². The lowest BCUT2D eigenvalue weighted by Crippen LogP contribution is -2.54. The van der Waals surface area contributed by atoms with Crippen LogP contribution in [0.25, 0.3) is 16.7 Å². The van der Waals surface area contributed by atoms with Crippen LogP contribution in [0.15, 0.2) is 53.3 Å². The lowest BCUT2D eigenvalue weighted by atomic mass is 9.90. The Morgan fingerprint density at radius 1 is 1.15 bits per heavy atom. The summed E-state index contributed by atoms with van der Waals surface area (Å²) >= 11 is 3.56. The quantitative estimate of drug-likeness (QED) is 0.462. The molecule has 3 aliphatic rings. The standard InChI is InChI=1S/C28H32BrFN8O/c29-20-4-5-24-23(15-20)35-25(22-3-1-2-10-32-22)38(24)21-6-11-37(12-7-21)26(39)28(30)8-13-36(14-9-28)18-19-16-33-27(31)34-17-19/h1-5,15-17,21,32H,6-14,18H2,(H2,31,33,34). The van der Waals surface area contributed by atoms with Gasteiger partial charge in [-0.1, -0.05) is 28.1 Å². The minimum absolute atomic E-state index is 0.170. The van der Waals surface area contributed by atoms with Crippen molar-refractivity contribution in [1.29, 1.82) is 0 Å². The molecule has 3 N–H and O–H groups in total. The van der Waals surface area contributed by atoms with E-state index in [1.165, 1.54) is 0 Å². The van der Waals surface area contributed by atoms with Gasteiger partial charge in [0.25, 0.3) is 5.91 Å². The van der Waals surface area contributed by atoms with Crippen molar-refractivity contribution >= 4 is 44.5 Å². The minimum atomic E-state index is -1.82. The molecule has 11 heteroatoms. The fourth-order valence-corrected chi connectivity index (χ4v) is 6.19. The highest BCUT2D eigenvalue weighted by Crippen LogP contribution is 2.35. The lowest BCUT2D eigenvalue weighted by Gasteiger charge is -2.40. The molecule has 2 fully saturated rings. The molecule has 0 unspecified atom stereocenters. The Kier molecular flexibility index (Phi) is 7.11. The summed E-state index contributed by atoms with van der Waals surface area (Å²) < 4.78 is 19.2. The molecule has 3 aromatic rings. The number of hydrogen-bond acceptors (Lipinski definition) is 7. The molecule has 2 saturated heterocycles. The molecule has 0 atom stereocenters. The van der Waals surface area contributed by atoms with Crippen molar-refractivity contribution in [3.63, 3.8) is 0 Å². The molecule has 9 nitrogen and oxygen atoms in total. The molecule has 3 aliphatic heterocycles. The van der Waals surface area contributed by atoms with Crippen LogP contribution in [0, 0.1) is 0 Å². The van der Waals surface area contributed by atoms with Crippen molar-refractivity contribution in [2.75, 3.05) is 38.5 Å². The number of carbonyl (C=O) groups excluding carboxylic acids is 1. The number of alkyl halides is 1. The Bertz CT molecular complexity index is 1420. The minimum Gasteiger partial charge on any atom is -0.379 e. The van der Waals surface area contributed by atoms with Crippen molar-refractivity contribution in [1.82, 2.24) is 34.6 Å². The summed E-state index contributed by atoms with van der Waals surface area (Å²) in [7, 11) is 0. The number of imidazole rings is 1. The average molecular weight is 596 g/mol. The topological polar surface area (TPSA) is 105 Å². The Labute approximate surface area is 235 Å². The summed E-state index contributed by atoms with van der Waals surface area (Å²) in [6, 6.07) is 6.33. The third kappa shape index (κ3) is 5.29. The number of aromatic nitrogens is 4. The molecule has 6 rings (SSSR count). The molecule has 0 spiro atoms. The number of anilines is 1. The molecule has 0 radical (unpaired) electrons. The summed E-state index contributed by atoms with van der Waals surface area (Å²) in [5.74, 6) is 0.774. The van der Waals surface area contributed by atoms with Gasteiger partial charge in [0.15, 0.2) is 11.5 Å². The van der Waals surface area contributed by atoms with E-state index in [9.17, 15) is 4.79 Å². The van der Waals surface area contributed by atoms with Gasteiger partial charge in [0, 0.05) is 80.6 Å². The summed E-state index contributed by atoms with van der Waals surface area (Å²) in [6.45, 7) is 3.47. The second-order valence-electron chi connectivity index (χ2n) is 10.5. The fraction of sp³-hybridized carbons (Fsp3) is 0.429. The van der Waals surface area contributed by atoms with Crippen LogP contribution in [0.1, 0.15) is 43.1 Å². The van der Waals surface area contributed by atoms with Crippen LogP contribution in [0.3, 0.4) is 0 Å². The molecule has 0 saturated carbocycles. The molecular formula is C28H32BrFN8O. The number of nitrogens with one attached hydrogen (secondary N) is 1. The summed E-state index contributed by atoms with van der Waals surface area (Å²) in [5, 5.41) is 3.44. The smallest absolute Gasteiger partial charge is 0.260 e. The first-order valence-corrected chi connectivity index (χ1v) is 14.2. The highest BCUT2D eigenvalue weighted by Gasteiger charge is 2.45. The zero-order valence-electron chi connectivity index (χ0n) is 21.7. The van der Waals surface area contributed by atoms with Crippen LogP contribution < -0.4 is 11.1 Å². The molecule has 1 aromatic carbocycles. The molecule has 2 aromatic heterocycles. The highest BCUT2D eigenvalue weighted by atomic mass is 79.9. The predicted octanol–water partition coefficient (Wildman–Crippen LogP) is 3.84. The zero-order valence-corrected chi connectivity index (χ0v) is 23.3. The van der Waals surface area contributed by atoms with E-state index in [2.05, 4.69) is 58.9 Å². The van der Waals surface area contributed by atoms with Crippen molar-refractivity contribution in [3.8, 4) is 0 Å². The molecule has 1 amide bonds. The van der Waals surface area contributed by atoms with Gasteiger partial charge in [-0.2, -0.15) is 0 Å². The van der Waals surface area contributed by atoms with Gasteiger partial charge >= 0.3 is 0 Å². The van der Waals surface area contributed by atoms with E-state index in [0.29, 0.717) is 32.7 Å². The van der Waals surface area contributed by atoms with Crippen LogP contribution in [0.5, 0.6) is 0 Å². The van der Waals surface area contributed by atoms with Crippen LogP contribution in [0.4, 0.5) is 10.3 Å². The Morgan fingerprint density at radius 2 is 1.90 bits per heavy atom. The van der Waals surface area contributed by atoms with Crippen molar-refractivity contribution in [2.45, 2.75) is 43.9 Å².